The van der Waals surface area contributed by atoms with Crippen LogP contribution in [0, 0.1) is 0 Å². The van der Waals surface area contributed by atoms with Crippen LogP contribution in [0.3, 0.4) is 0 Å². The summed E-state index contributed by atoms with van der Waals surface area (Å²) in [5.41, 5.74) is 0.740. The van der Waals surface area contributed by atoms with Crippen LogP contribution < -0.4 is 10.2 Å². The largest absolute Gasteiger partial charge is 0.357 e. The van der Waals surface area contributed by atoms with E-state index in [1.54, 1.807) is 13.1 Å². The number of aromatic nitrogens is 1. The Morgan fingerprint density at radius 1 is 1.47 bits per heavy atom. The fraction of sp³-hybridized carbons (Fsp3) is 0.500. The van der Waals surface area contributed by atoms with Gasteiger partial charge in [0.15, 0.2) is 0 Å². The Labute approximate surface area is 110 Å². The highest BCUT2D eigenvalue weighted by Gasteiger charge is 2.13. The van der Waals surface area contributed by atoms with E-state index in [0.29, 0.717) is 0 Å². The first kappa shape index (κ1) is 12.4. The number of carbonyl (C=O) groups is 1. The molecular formula is C12H16BrN3O. The number of hydrogen-bond donors (Lipinski definition) is 1. The Morgan fingerprint density at radius 3 is 2.71 bits per heavy atom. The van der Waals surface area contributed by atoms with E-state index in [4.69, 9.17) is 0 Å². The van der Waals surface area contributed by atoms with E-state index in [2.05, 4.69) is 31.1 Å². The van der Waals surface area contributed by atoms with Gasteiger partial charge in [-0.1, -0.05) is 15.9 Å². The average molecular weight is 298 g/mol. The number of amides is 1. The second-order valence-corrected chi connectivity index (χ2v) is 5.58. The van der Waals surface area contributed by atoms with Crippen LogP contribution in [0.4, 0.5) is 11.5 Å². The maximum absolute atomic E-state index is 11.5. The van der Waals surface area contributed by atoms with Crippen molar-refractivity contribution >= 4 is 33.3 Å². The summed E-state index contributed by atoms with van der Waals surface area (Å²) in [6.45, 7) is 3.95. The third kappa shape index (κ3) is 3.19. The van der Waals surface area contributed by atoms with Gasteiger partial charge >= 0.3 is 0 Å². The molecule has 0 radical (unpaired) electrons. The molecule has 0 aliphatic carbocycles. The van der Waals surface area contributed by atoms with Gasteiger partial charge in [-0.25, -0.2) is 4.98 Å². The first-order valence-electron chi connectivity index (χ1n) is 5.83. The van der Waals surface area contributed by atoms with Gasteiger partial charge in [-0.15, -0.1) is 0 Å². The van der Waals surface area contributed by atoms with Gasteiger partial charge in [0.25, 0.3) is 0 Å². The second kappa shape index (κ2) is 5.49. The van der Waals surface area contributed by atoms with Crippen molar-refractivity contribution in [3.63, 3.8) is 0 Å². The van der Waals surface area contributed by atoms with Crippen molar-refractivity contribution in [3.8, 4) is 0 Å². The molecule has 1 aliphatic rings. The molecule has 1 amide bonds. The van der Waals surface area contributed by atoms with Gasteiger partial charge in [0.2, 0.25) is 5.91 Å². The van der Waals surface area contributed by atoms with Gasteiger partial charge in [0, 0.05) is 13.1 Å². The number of carbonyl (C=O) groups excluding carboxylic acids is 1. The Kier molecular flexibility index (Phi) is 3.99. The summed E-state index contributed by atoms with van der Waals surface area (Å²) in [5.74, 6) is 0.938. The Balaban J connectivity index is 2.00. The van der Waals surface area contributed by atoms with E-state index in [1.807, 2.05) is 12.1 Å². The molecule has 17 heavy (non-hydrogen) atoms. The number of hydrogen-bond acceptors (Lipinski definition) is 3. The molecule has 5 heteroatoms. The van der Waals surface area contributed by atoms with E-state index in [1.165, 1.54) is 12.8 Å². The summed E-state index contributed by atoms with van der Waals surface area (Å²) < 4.78 is 0. The molecule has 1 N–H and O–H groups in total. The molecule has 1 unspecified atom stereocenters. The van der Waals surface area contributed by atoms with Gasteiger partial charge in [-0.2, -0.15) is 0 Å². The van der Waals surface area contributed by atoms with Crippen molar-refractivity contribution in [1.82, 2.24) is 4.98 Å². The molecule has 1 aromatic heterocycles. The lowest BCUT2D eigenvalue weighted by atomic mass is 10.3. The van der Waals surface area contributed by atoms with E-state index in [-0.39, 0.29) is 10.7 Å². The molecule has 1 aromatic rings. The summed E-state index contributed by atoms with van der Waals surface area (Å²) in [7, 11) is 0. The van der Waals surface area contributed by atoms with Gasteiger partial charge < -0.3 is 10.2 Å². The van der Waals surface area contributed by atoms with Crippen LogP contribution in [0.1, 0.15) is 19.8 Å². The number of anilines is 2. The smallest absolute Gasteiger partial charge is 0.237 e. The Morgan fingerprint density at radius 2 is 2.18 bits per heavy atom. The van der Waals surface area contributed by atoms with Gasteiger partial charge in [0.1, 0.15) is 5.82 Å². The maximum atomic E-state index is 11.5. The average Bonchev–Trinajstić information content (AvgIpc) is 2.83. The molecule has 2 rings (SSSR count). The molecule has 1 fully saturated rings. The van der Waals surface area contributed by atoms with Crippen LogP contribution in [-0.2, 0) is 4.79 Å². The minimum absolute atomic E-state index is 0.0549. The van der Waals surface area contributed by atoms with Crippen LogP contribution in [0.25, 0.3) is 0 Å². The van der Waals surface area contributed by atoms with Crippen molar-refractivity contribution in [1.29, 1.82) is 0 Å². The van der Waals surface area contributed by atoms with E-state index >= 15 is 0 Å². The van der Waals surface area contributed by atoms with Crippen LogP contribution in [-0.4, -0.2) is 28.8 Å². The first-order valence-corrected chi connectivity index (χ1v) is 6.74. The summed E-state index contributed by atoms with van der Waals surface area (Å²) in [4.78, 5) is 17.9. The maximum Gasteiger partial charge on any atom is 0.237 e. The predicted molar refractivity (Wildman–Crippen MR) is 72.7 cm³/mol. The van der Waals surface area contributed by atoms with Crippen molar-refractivity contribution in [2.75, 3.05) is 23.3 Å². The number of alkyl halides is 1. The molecule has 92 valence electrons. The fourth-order valence-electron chi connectivity index (χ4n) is 1.83. The molecule has 2 heterocycles. The topological polar surface area (TPSA) is 45.2 Å². The van der Waals surface area contributed by atoms with E-state index in [0.717, 1.165) is 24.6 Å². The van der Waals surface area contributed by atoms with E-state index < -0.39 is 0 Å². The van der Waals surface area contributed by atoms with Gasteiger partial charge in [-0.3, -0.25) is 4.79 Å². The Bertz CT molecular complexity index is 385. The highest BCUT2D eigenvalue weighted by molar-refractivity contribution is 9.10. The molecule has 1 atom stereocenters. The molecular weight excluding hydrogens is 282 g/mol. The van der Waals surface area contributed by atoms with Crippen LogP contribution in [0.2, 0.25) is 0 Å². The SMILES string of the molecule is CC(Br)C(=O)Nc1ccc(N2CCCC2)nc1. The predicted octanol–water partition coefficient (Wildman–Crippen LogP) is 2.40. The standard InChI is InChI=1S/C12H16BrN3O/c1-9(13)12(17)15-10-4-5-11(14-8-10)16-6-2-3-7-16/h4-5,8-9H,2-3,6-7H2,1H3,(H,15,17). The monoisotopic (exact) mass is 297 g/mol. The van der Waals surface area contributed by atoms with Gasteiger partial charge in [-0.05, 0) is 31.9 Å². The summed E-state index contributed by atoms with van der Waals surface area (Å²) in [6, 6.07) is 3.85. The normalized spacial score (nSPS) is 16.9. The van der Waals surface area contributed by atoms with Crippen molar-refractivity contribution in [2.24, 2.45) is 0 Å². The highest BCUT2D eigenvalue weighted by Crippen LogP contribution is 2.19. The highest BCUT2D eigenvalue weighted by atomic mass is 79.9. The molecule has 0 aromatic carbocycles. The molecule has 4 nitrogen and oxygen atoms in total. The lowest BCUT2D eigenvalue weighted by molar-refractivity contribution is -0.115. The number of nitrogens with zero attached hydrogens (tertiary/aromatic N) is 2. The number of halogens is 1. The molecule has 0 bridgehead atoms. The zero-order valence-corrected chi connectivity index (χ0v) is 11.4. The number of pyridine rings is 1. The molecule has 1 saturated heterocycles. The van der Waals surface area contributed by atoms with Crippen molar-refractivity contribution in [2.45, 2.75) is 24.6 Å². The minimum atomic E-state index is -0.194. The van der Waals surface area contributed by atoms with Crippen LogP contribution in [0.15, 0.2) is 18.3 Å². The quantitative estimate of drug-likeness (QED) is 0.872. The van der Waals surface area contributed by atoms with Gasteiger partial charge in [0.05, 0.1) is 16.7 Å². The second-order valence-electron chi connectivity index (χ2n) is 4.20. The fourth-order valence-corrected chi connectivity index (χ4v) is 1.95. The van der Waals surface area contributed by atoms with Crippen molar-refractivity contribution in [3.05, 3.63) is 18.3 Å². The zero-order valence-electron chi connectivity index (χ0n) is 9.82. The number of rotatable bonds is 3. The van der Waals surface area contributed by atoms with E-state index in [9.17, 15) is 4.79 Å². The third-order valence-corrected chi connectivity index (χ3v) is 3.22. The summed E-state index contributed by atoms with van der Waals surface area (Å²) in [5, 5.41) is 2.79. The summed E-state index contributed by atoms with van der Waals surface area (Å²) >= 11 is 3.22. The Hall–Kier alpha value is -1.10. The minimum Gasteiger partial charge on any atom is -0.357 e. The lowest BCUT2D eigenvalue weighted by Gasteiger charge is -2.16. The number of nitrogens with one attached hydrogen (secondary N) is 1. The zero-order chi connectivity index (χ0) is 12.3. The molecule has 0 saturated carbocycles. The molecule has 0 spiro atoms. The van der Waals surface area contributed by atoms with Crippen LogP contribution in [0.5, 0.6) is 0 Å². The first-order chi connectivity index (χ1) is 8.16. The van der Waals surface area contributed by atoms with Crippen molar-refractivity contribution < 1.29 is 4.79 Å². The lowest BCUT2D eigenvalue weighted by Crippen LogP contribution is -2.21. The van der Waals surface area contributed by atoms with Crippen LogP contribution >= 0.6 is 15.9 Å². The summed E-state index contributed by atoms with van der Waals surface area (Å²) in [6.07, 6.45) is 4.18. The molecule has 1 aliphatic heterocycles. The third-order valence-electron chi connectivity index (χ3n) is 2.81.